The van der Waals surface area contributed by atoms with Gasteiger partial charge in [-0.25, -0.2) is 0 Å². The Balaban J connectivity index is 1.38. The fourth-order valence-corrected chi connectivity index (χ4v) is 4.18. The van der Waals surface area contributed by atoms with Gasteiger partial charge >= 0.3 is 0 Å². The first-order chi connectivity index (χ1) is 16.5. The van der Waals surface area contributed by atoms with Gasteiger partial charge in [0.25, 0.3) is 5.91 Å². The van der Waals surface area contributed by atoms with Crippen molar-refractivity contribution in [2.75, 3.05) is 25.0 Å². The van der Waals surface area contributed by atoms with Crippen molar-refractivity contribution in [3.63, 3.8) is 0 Å². The summed E-state index contributed by atoms with van der Waals surface area (Å²) >= 11 is 6.23. The maximum absolute atomic E-state index is 13.0. The standard InChI is InChI=1S/C25H26ClN5O3/c1-2-13-27-25(33)19-10-4-6-12-21(19)28-24(32)17-8-7-14-31(15-17)16-22-29-23(30-34-22)18-9-3-5-11-20(18)26/h2-6,9-12,17H,1,7-8,13-16H2,(H,27,33)(H,28,32). The zero-order valence-electron chi connectivity index (χ0n) is 18.7. The first-order valence-electron chi connectivity index (χ1n) is 11.1. The Labute approximate surface area is 203 Å². The molecule has 0 aliphatic carbocycles. The lowest BCUT2D eigenvalue weighted by Crippen LogP contribution is -2.40. The first kappa shape index (κ1) is 23.7. The van der Waals surface area contributed by atoms with Gasteiger partial charge in [-0.15, -0.1) is 6.58 Å². The molecule has 0 saturated carbocycles. The summed E-state index contributed by atoms with van der Waals surface area (Å²) in [6.07, 6.45) is 3.24. The van der Waals surface area contributed by atoms with Gasteiger partial charge in [-0.1, -0.05) is 47.1 Å². The Morgan fingerprint density at radius 1 is 1.21 bits per heavy atom. The predicted molar refractivity (Wildman–Crippen MR) is 130 cm³/mol. The van der Waals surface area contributed by atoms with Crippen molar-refractivity contribution >= 4 is 29.1 Å². The van der Waals surface area contributed by atoms with E-state index in [1.807, 2.05) is 18.2 Å². The Bertz CT molecular complexity index is 1180. The molecule has 0 bridgehead atoms. The third-order valence-corrected chi connectivity index (χ3v) is 5.98. The van der Waals surface area contributed by atoms with Crippen LogP contribution in [0.25, 0.3) is 11.4 Å². The highest BCUT2D eigenvalue weighted by atomic mass is 35.5. The molecule has 8 nitrogen and oxygen atoms in total. The number of halogens is 1. The van der Waals surface area contributed by atoms with Crippen molar-refractivity contribution in [3.05, 3.63) is 77.7 Å². The molecule has 1 fully saturated rings. The molecular formula is C25H26ClN5O3. The number of amides is 2. The third kappa shape index (κ3) is 5.70. The normalized spacial score (nSPS) is 16.1. The molecule has 3 aromatic rings. The number of hydrogen-bond acceptors (Lipinski definition) is 6. The van der Waals surface area contributed by atoms with Gasteiger partial charge < -0.3 is 15.2 Å². The number of likely N-dealkylation sites (tertiary alicyclic amines) is 1. The van der Waals surface area contributed by atoms with E-state index in [0.717, 1.165) is 19.4 Å². The number of anilines is 1. The topological polar surface area (TPSA) is 100 Å². The van der Waals surface area contributed by atoms with Crippen molar-refractivity contribution in [1.29, 1.82) is 0 Å². The van der Waals surface area contributed by atoms with Crippen molar-refractivity contribution in [2.24, 2.45) is 5.92 Å². The van der Waals surface area contributed by atoms with Gasteiger partial charge in [-0.2, -0.15) is 4.98 Å². The van der Waals surface area contributed by atoms with E-state index in [2.05, 4.69) is 32.3 Å². The summed E-state index contributed by atoms with van der Waals surface area (Å²) in [7, 11) is 0. The molecule has 1 aromatic heterocycles. The van der Waals surface area contributed by atoms with Crippen LogP contribution in [0.2, 0.25) is 5.02 Å². The molecule has 176 valence electrons. The van der Waals surface area contributed by atoms with Crippen LogP contribution in [0, 0.1) is 5.92 Å². The number of benzene rings is 2. The van der Waals surface area contributed by atoms with Crippen LogP contribution in [-0.4, -0.2) is 46.5 Å². The minimum absolute atomic E-state index is 0.115. The molecule has 1 unspecified atom stereocenters. The fraction of sp³-hybridized carbons (Fsp3) is 0.280. The molecule has 2 heterocycles. The number of nitrogens with zero attached hydrogens (tertiary/aromatic N) is 3. The Hall–Kier alpha value is -3.49. The second-order valence-corrected chi connectivity index (χ2v) is 8.51. The second-order valence-electron chi connectivity index (χ2n) is 8.10. The van der Waals surface area contributed by atoms with E-state index in [1.165, 1.54) is 0 Å². The van der Waals surface area contributed by atoms with Crippen LogP contribution in [0.5, 0.6) is 0 Å². The Morgan fingerprint density at radius 2 is 2.00 bits per heavy atom. The molecule has 0 spiro atoms. The summed E-state index contributed by atoms with van der Waals surface area (Å²) in [6, 6.07) is 14.3. The highest BCUT2D eigenvalue weighted by molar-refractivity contribution is 6.33. The summed E-state index contributed by atoms with van der Waals surface area (Å²) in [6.45, 7) is 5.79. The van der Waals surface area contributed by atoms with Crippen LogP contribution in [-0.2, 0) is 11.3 Å². The molecule has 1 aliphatic heterocycles. The average molecular weight is 480 g/mol. The van der Waals surface area contributed by atoms with Gasteiger partial charge in [-0.3, -0.25) is 14.5 Å². The minimum atomic E-state index is -0.258. The summed E-state index contributed by atoms with van der Waals surface area (Å²) in [5.74, 6) is 0.324. The Kier molecular flexibility index (Phi) is 7.72. The number of aromatic nitrogens is 2. The van der Waals surface area contributed by atoms with E-state index in [0.29, 0.717) is 53.2 Å². The molecule has 34 heavy (non-hydrogen) atoms. The number of carbonyl (C=O) groups is 2. The monoisotopic (exact) mass is 479 g/mol. The lowest BCUT2D eigenvalue weighted by atomic mass is 9.96. The zero-order chi connectivity index (χ0) is 23.9. The number of carbonyl (C=O) groups excluding carboxylic acids is 2. The molecule has 2 aromatic carbocycles. The molecule has 0 radical (unpaired) electrons. The van der Waals surface area contributed by atoms with Gasteiger partial charge in [0.1, 0.15) is 0 Å². The largest absolute Gasteiger partial charge is 0.349 e. The van der Waals surface area contributed by atoms with Crippen LogP contribution in [0.3, 0.4) is 0 Å². The number of piperidine rings is 1. The molecule has 9 heteroatoms. The maximum atomic E-state index is 13.0. The quantitative estimate of drug-likeness (QED) is 0.470. The van der Waals surface area contributed by atoms with Crippen LogP contribution in [0.1, 0.15) is 29.1 Å². The lowest BCUT2D eigenvalue weighted by Gasteiger charge is -2.31. The predicted octanol–water partition coefficient (Wildman–Crippen LogP) is 4.16. The van der Waals surface area contributed by atoms with Gasteiger partial charge in [0, 0.05) is 18.7 Å². The van der Waals surface area contributed by atoms with Crippen molar-refractivity contribution in [1.82, 2.24) is 20.4 Å². The van der Waals surface area contributed by atoms with Crippen molar-refractivity contribution in [3.8, 4) is 11.4 Å². The molecule has 2 amide bonds. The van der Waals surface area contributed by atoms with Crippen LogP contribution < -0.4 is 10.6 Å². The third-order valence-electron chi connectivity index (χ3n) is 5.65. The van der Waals surface area contributed by atoms with Gasteiger partial charge in [0.15, 0.2) is 0 Å². The highest BCUT2D eigenvalue weighted by Crippen LogP contribution is 2.26. The van der Waals surface area contributed by atoms with Crippen molar-refractivity contribution in [2.45, 2.75) is 19.4 Å². The van der Waals surface area contributed by atoms with Crippen molar-refractivity contribution < 1.29 is 14.1 Å². The van der Waals surface area contributed by atoms with E-state index >= 15 is 0 Å². The van der Waals surface area contributed by atoms with E-state index in [-0.39, 0.29) is 17.7 Å². The lowest BCUT2D eigenvalue weighted by molar-refractivity contribution is -0.121. The zero-order valence-corrected chi connectivity index (χ0v) is 19.4. The first-order valence-corrected chi connectivity index (χ1v) is 11.5. The van der Waals surface area contributed by atoms with Gasteiger partial charge in [0.05, 0.1) is 28.7 Å². The minimum Gasteiger partial charge on any atom is -0.349 e. The fourth-order valence-electron chi connectivity index (χ4n) is 3.96. The number of rotatable bonds is 8. The van der Waals surface area contributed by atoms with E-state index in [9.17, 15) is 9.59 Å². The molecule has 4 rings (SSSR count). The van der Waals surface area contributed by atoms with Crippen LogP contribution >= 0.6 is 11.6 Å². The maximum Gasteiger partial charge on any atom is 0.253 e. The summed E-state index contributed by atoms with van der Waals surface area (Å²) in [5, 5.41) is 10.3. The molecule has 1 atom stereocenters. The molecular weight excluding hydrogens is 454 g/mol. The highest BCUT2D eigenvalue weighted by Gasteiger charge is 2.28. The number of hydrogen-bond donors (Lipinski definition) is 2. The second kappa shape index (κ2) is 11.1. The summed E-state index contributed by atoms with van der Waals surface area (Å²) < 4.78 is 5.43. The number of para-hydroxylation sites is 1. The van der Waals surface area contributed by atoms with E-state index in [4.69, 9.17) is 16.1 Å². The van der Waals surface area contributed by atoms with E-state index in [1.54, 1.807) is 36.4 Å². The molecule has 1 aliphatic rings. The van der Waals surface area contributed by atoms with Crippen LogP contribution in [0.15, 0.2) is 65.7 Å². The average Bonchev–Trinajstić information content (AvgIpc) is 3.31. The van der Waals surface area contributed by atoms with Gasteiger partial charge in [0.2, 0.25) is 17.6 Å². The molecule has 1 saturated heterocycles. The summed E-state index contributed by atoms with van der Waals surface area (Å²) in [4.78, 5) is 32.0. The Morgan fingerprint density at radius 3 is 2.82 bits per heavy atom. The van der Waals surface area contributed by atoms with Gasteiger partial charge in [-0.05, 0) is 43.7 Å². The van der Waals surface area contributed by atoms with E-state index < -0.39 is 0 Å². The smallest absolute Gasteiger partial charge is 0.253 e. The SMILES string of the molecule is C=CCNC(=O)c1ccccc1NC(=O)C1CCCN(Cc2nc(-c3ccccc3Cl)no2)C1. The summed E-state index contributed by atoms with van der Waals surface area (Å²) in [5.41, 5.74) is 1.63. The van der Waals surface area contributed by atoms with Crippen LogP contribution in [0.4, 0.5) is 5.69 Å². The number of nitrogens with one attached hydrogen (secondary N) is 2. The molecule has 2 N–H and O–H groups in total.